The number of benzene rings is 1. The minimum Gasteiger partial charge on any atom is -0.385 e. The van der Waals surface area contributed by atoms with Crippen molar-refractivity contribution in [3.8, 4) is 0 Å². The van der Waals surface area contributed by atoms with E-state index in [9.17, 15) is 9.50 Å². The fraction of sp³-hybridized carbons (Fsp3) is 0.286. The van der Waals surface area contributed by atoms with Crippen LogP contribution < -0.4 is 0 Å². The molecule has 2 aromatic rings. The number of aliphatic hydroxyl groups is 1. The zero-order chi connectivity index (χ0) is 11.9. The topological polar surface area (TPSA) is 20.2 Å². The van der Waals surface area contributed by atoms with E-state index in [1.165, 1.54) is 6.07 Å². The molecule has 17 heavy (non-hydrogen) atoms. The Morgan fingerprint density at radius 3 is 3.00 bits per heavy atom. The molecule has 1 atom stereocenters. The molecule has 1 aromatic heterocycles. The van der Waals surface area contributed by atoms with Gasteiger partial charge in [0.25, 0.3) is 0 Å². The van der Waals surface area contributed by atoms with E-state index in [1.807, 2.05) is 11.4 Å². The third-order valence-electron chi connectivity index (χ3n) is 3.45. The molecule has 0 aliphatic heterocycles. The maximum atomic E-state index is 13.1. The summed E-state index contributed by atoms with van der Waals surface area (Å²) >= 11 is 1.63. The Morgan fingerprint density at radius 1 is 1.35 bits per heavy atom. The third-order valence-corrected chi connectivity index (χ3v) is 4.19. The van der Waals surface area contributed by atoms with Gasteiger partial charge in [0.05, 0.1) is 5.60 Å². The molecule has 1 aliphatic carbocycles. The summed E-state index contributed by atoms with van der Waals surface area (Å²) in [6.45, 7) is 0. The van der Waals surface area contributed by atoms with Crippen molar-refractivity contribution < 1.29 is 9.50 Å². The Bertz CT molecular complexity index is 535. The van der Waals surface area contributed by atoms with Gasteiger partial charge in [0.15, 0.2) is 0 Å². The average Bonchev–Trinajstić information content (AvgIpc) is 2.88. The fourth-order valence-electron chi connectivity index (χ4n) is 2.61. The molecule has 1 N–H and O–H groups in total. The lowest BCUT2D eigenvalue weighted by Crippen LogP contribution is -2.25. The van der Waals surface area contributed by atoms with Crippen molar-refractivity contribution in [1.29, 1.82) is 0 Å². The minimum absolute atomic E-state index is 0.219. The van der Waals surface area contributed by atoms with Gasteiger partial charge in [-0.2, -0.15) is 11.3 Å². The molecule has 1 heterocycles. The van der Waals surface area contributed by atoms with E-state index < -0.39 is 5.60 Å². The molecule has 1 unspecified atom stereocenters. The summed E-state index contributed by atoms with van der Waals surface area (Å²) in [5, 5.41) is 14.8. The van der Waals surface area contributed by atoms with Crippen molar-refractivity contribution in [2.24, 2.45) is 0 Å². The van der Waals surface area contributed by atoms with Crippen LogP contribution in [0.5, 0.6) is 0 Å². The van der Waals surface area contributed by atoms with Crippen molar-refractivity contribution in [2.45, 2.75) is 24.9 Å². The summed E-state index contributed by atoms with van der Waals surface area (Å²) in [6.07, 6.45) is 2.06. The van der Waals surface area contributed by atoms with E-state index in [0.29, 0.717) is 12.8 Å². The second kappa shape index (κ2) is 3.93. The number of hydrogen-bond acceptors (Lipinski definition) is 2. The number of thiophene rings is 1. The molecule has 0 saturated carbocycles. The zero-order valence-electron chi connectivity index (χ0n) is 9.32. The van der Waals surface area contributed by atoms with Crippen LogP contribution in [0.15, 0.2) is 35.0 Å². The first-order valence-corrected chi connectivity index (χ1v) is 6.64. The number of fused-ring (bicyclic) bond motifs is 1. The zero-order valence-corrected chi connectivity index (χ0v) is 10.1. The lowest BCUT2D eigenvalue weighted by Gasteiger charge is -2.23. The monoisotopic (exact) mass is 248 g/mol. The summed E-state index contributed by atoms with van der Waals surface area (Å²) in [5.74, 6) is -0.219. The third kappa shape index (κ3) is 1.90. The number of hydrogen-bond donors (Lipinski definition) is 1. The summed E-state index contributed by atoms with van der Waals surface area (Å²) in [4.78, 5) is 0. The highest BCUT2D eigenvalue weighted by molar-refractivity contribution is 7.07. The first-order chi connectivity index (χ1) is 8.17. The van der Waals surface area contributed by atoms with Gasteiger partial charge < -0.3 is 5.11 Å². The summed E-state index contributed by atoms with van der Waals surface area (Å²) in [6, 6.07) is 6.73. The molecule has 0 amide bonds. The molecular weight excluding hydrogens is 235 g/mol. The minimum atomic E-state index is -0.815. The van der Waals surface area contributed by atoms with Crippen LogP contribution in [-0.2, 0) is 18.4 Å². The van der Waals surface area contributed by atoms with Gasteiger partial charge in [-0.05, 0) is 58.5 Å². The van der Waals surface area contributed by atoms with E-state index >= 15 is 0 Å². The molecular formula is C14H13FOS. The second-order valence-electron chi connectivity index (χ2n) is 4.64. The first kappa shape index (κ1) is 10.9. The highest BCUT2D eigenvalue weighted by Gasteiger charge is 2.36. The Kier molecular flexibility index (Phi) is 2.53. The molecule has 1 aliphatic rings. The largest absolute Gasteiger partial charge is 0.385 e. The van der Waals surface area contributed by atoms with Crippen LogP contribution in [0.2, 0.25) is 0 Å². The van der Waals surface area contributed by atoms with Gasteiger partial charge in [-0.3, -0.25) is 0 Å². The maximum absolute atomic E-state index is 13.1. The highest BCUT2D eigenvalue weighted by atomic mass is 32.1. The standard InChI is InChI=1S/C14H13FOS/c15-12-1-2-13-11(7-12)3-5-14(13,16)8-10-4-6-17-9-10/h1-2,4,6-7,9,16H,3,5,8H2. The van der Waals surface area contributed by atoms with E-state index in [2.05, 4.69) is 5.38 Å². The second-order valence-corrected chi connectivity index (χ2v) is 5.42. The predicted molar refractivity (Wildman–Crippen MR) is 66.6 cm³/mol. The van der Waals surface area contributed by atoms with E-state index in [-0.39, 0.29) is 5.82 Å². The Balaban J connectivity index is 1.96. The Hall–Kier alpha value is -1.19. The van der Waals surface area contributed by atoms with Crippen LogP contribution in [0.3, 0.4) is 0 Å². The highest BCUT2D eigenvalue weighted by Crippen LogP contribution is 2.39. The van der Waals surface area contributed by atoms with Crippen molar-refractivity contribution in [3.63, 3.8) is 0 Å². The van der Waals surface area contributed by atoms with Gasteiger partial charge in [-0.1, -0.05) is 6.07 Å². The van der Waals surface area contributed by atoms with Gasteiger partial charge in [0, 0.05) is 6.42 Å². The van der Waals surface area contributed by atoms with Crippen molar-refractivity contribution >= 4 is 11.3 Å². The number of rotatable bonds is 2. The quantitative estimate of drug-likeness (QED) is 0.865. The van der Waals surface area contributed by atoms with Crippen LogP contribution >= 0.6 is 11.3 Å². The molecule has 0 bridgehead atoms. The molecule has 3 heteroatoms. The molecule has 0 fully saturated rings. The normalized spacial score (nSPS) is 22.7. The van der Waals surface area contributed by atoms with Gasteiger partial charge in [0.2, 0.25) is 0 Å². The van der Waals surface area contributed by atoms with Crippen molar-refractivity contribution in [1.82, 2.24) is 0 Å². The van der Waals surface area contributed by atoms with Crippen LogP contribution in [0.4, 0.5) is 4.39 Å². The summed E-state index contributed by atoms with van der Waals surface area (Å²) in [7, 11) is 0. The van der Waals surface area contributed by atoms with Crippen molar-refractivity contribution in [2.75, 3.05) is 0 Å². The van der Waals surface area contributed by atoms with Gasteiger partial charge in [0.1, 0.15) is 5.82 Å². The summed E-state index contributed by atoms with van der Waals surface area (Å²) < 4.78 is 13.1. The smallest absolute Gasteiger partial charge is 0.123 e. The van der Waals surface area contributed by atoms with Gasteiger partial charge in [-0.15, -0.1) is 0 Å². The number of halogens is 1. The first-order valence-electron chi connectivity index (χ1n) is 5.70. The molecule has 1 aromatic carbocycles. The molecule has 88 valence electrons. The van der Waals surface area contributed by atoms with Crippen LogP contribution in [0.1, 0.15) is 23.1 Å². The Morgan fingerprint density at radius 2 is 2.24 bits per heavy atom. The van der Waals surface area contributed by atoms with Gasteiger partial charge >= 0.3 is 0 Å². The Labute approximate surface area is 104 Å². The molecule has 3 rings (SSSR count). The molecule has 1 nitrogen and oxygen atoms in total. The molecule has 0 saturated heterocycles. The van der Waals surface area contributed by atoms with Gasteiger partial charge in [-0.25, -0.2) is 4.39 Å². The fourth-order valence-corrected chi connectivity index (χ4v) is 3.28. The maximum Gasteiger partial charge on any atom is 0.123 e. The van der Waals surface area contributed by atoms with Crippen molar-refractivity contribution in [3.05, 3.63) is 57.5 Å². The summed E-state index contributed by atoms with van der Waals surface area (Å²) in [5.41, 5.74) is 2.17. The molecule has 0 radical (unpaired) electrons. The van der Waals surface area contributed by atoms with Crippen LogP contribution in [0.25, 0.3) is 0 Å². The van der Waals surface area contributed by atoms with E-state index in [1.54, 1.807) is 23.5 Å². The van der Waals surface area contributed by atoms with E-state index in [0.717, 1.165) is 23.1 Å². The predicted octanol–water partition coefficient (Wildman–Crippen LogP) is 3.26. The number of aryl methyl sites for hydroxylation is 1. The lowest BCUT2D eigenvalue weighted by molar-refractivity contribution is 0.0390. The molecule has 0 spiro atoms. The van der Waals surface area contributed by atoms with E-state index in [4.69, 9.17) is 0 Å². The van der Waals surface area contributed by atoms with Crippen LogP contribution in [0, 0.1) is 5.82 Å². The van der Waals surface area contributed by atoms with Crippen LogP contribution in [-0.4, -0.2) is 5.11 Å². The SMILES string of the molecule is OC1(Cc2ccsc2)CCc2cc(F)ccc21. The average molecular weight is 248 g/mol. The lowest BCUT2D eigenvalue weighted by atomic mass is 9.90.